The molecule has 0 saturated carbocycles. The summed E-state index contributed by atoms with van der Waals surface area (Å²) in [7, 11) is 0. The van der Waals surface area contributed by atoms with Crippen molar-refractivity contribution in [3.63, 3.8) is 0 Å². The first-order valence-corrected chi connectivity index (χ1v) is 6.83. The van der Waals surface area contributed by atoms with Gasteiger partial charge < -0.3 is 10.3 Å². The number of nitrogen functional groups attached to an aromatic ring is 1. The van der Waals surface area contributed by atoms with Crippen LogP contribution in [0.1, 0.15) is 42.1 Å². The fourth-order valence-electron chi connectivity index (χ4n) is 2.60. The van der Waals surface area contributed by atoms with Crippen LogP contribution in [0.4, 0.5) is 18.9 Å². The molecule has 1 amide bonds. The monoisotopic (exact) mass is 301 g/mol. The minimum atomic E-state index is -4.56. The maximum atomic E-state index is 13.0. The van der Waals surface area contributed by atoms with Crippen LogP contribution in [0.15, 0.2) is 18.2 Å². The van der Waals surface area contributed by atoms with Crippen LogP contribution < -0.4 is 11.3 Å². The van der Waals surface area contributed by atoms with E-state index in [1.807, 2.05) is 12.3 Å². The molecule has 0 spiro atoms. The zero-order valence-corrected chi connectivity index (χ0v) is 11.7. The second-order valence-electron chi connectivity index (χ2n) is 5.25. The van der Waals surface area contributed by atoms with Gasteiger partial charge in [0.05, 0.1) is 11.3 Å². The van der Waals surface area contributed by atoms with Crippen molar-refractivity contribution in [1.29, 1.82) is 0 Å². The number of nitrogens with zero attached hydrogens (tertiary/aromatic N) is 1. The van der Waals surface area contributed by atoms with E-state index in [0.29, 0.717) is 6.54 Å². The minimum Gasteiger partial charge on any atom is -0.336 e. The number of hydrazine groups is 1. The average Bonchev–Trinajstić information content (AvgIpc) is 2.45. The van der Waals surface area contributed by atoms with Crippen LogP contribution in [0, 0.1) is 0 Å². The van der Waals surface area contributed by atoms with Gasteiger partial charge in [-0.2, -0.15) is 13.2 Å². The molecule has 1 unspecified atom stereocenters. The third-order valence-electron chi connectivity index (χ3n) is 3.79. The normalized spacial score (nSPS) is 19.5. The van der Waals surface area contributed by atoms with Gasteiger partial charge in [-0.3, -0.25) is 10.6 Å². The molecule has 1 aromatic carbocycles. The van der Waals surface area contributed by atoms with Crippen LogP contribution in [0.25, 0.3) is 0 Å². The Morgan fingerprint density at radius 1 is 1.38 bits per heavy atom. The van der Waals surface area contributed by atoms with Crippen LogP contribution in [-0.4, -0.2) is 23.4 Å². The molecule has 1 heterocycles. The van der Waals surface area contributed by atoms with Crippen molar-refractivity contribution in [3.05, 3.63) is 29.3 Å². The van der Waals surface area contributed by atoms with Gasteiger partial charge in [0.1, 0.15) is 0 Å². The van der Waals surface area contributed by atoms with E-state index in [-0.39, 0.29) is 23.2 Å². The molecule has 0 aromatic heterocycles. The lowest BCUT2D eigenvalue weighted by atomic mass is 10.0. The molecule has 2 rings (SSSR count). The van der Waals surface area contributed by atoms with E-state index in [2.05, 4.69) is 0 Å². The highest BCUT2D eigenvalue weighted by Crippen LogP contribution is 2.35. The number of amides is 1. The van der Waals surface area contributed by atoms with Crippen molar-refractivity contribution in [3.8, 4) is 0 Å². The minimum absolute atomic E-state index is 0.0371. The number of benzene rings is 1. The van der Waals surface area contributed by atoms with Gasteiger partial charge in [0.2, 0.25) is 0 Å². The lowest BCUT2D eigenvalue weighted by molar-refractivity contribution is -0.137. The lowest BCUT2D eigenvalue weighted by Crippen LogP contribution is -2.42. The third kappa shape index (κ3) is 3.29. The Labute approximate surface area is 121 Å². The number of carbonyl (C=O) groups is 1. The molecule has 1 saturated heterocycles. The summed E-state index contributed by atoms with van der Waals surface area (Å²) in [5.41, 5.74) is 0.874. The number of nitrogens with two attached hydrogens (primary N) is 1. The molecule has 1 aliphatic rings. The lowest BCUT2D eigenvalue weighted by Gasteiger charge is -2.33. The number of halogens is 3. The molecule has 0 radical (unpaired) electrons. The van der Waals surface area contributed by atoms with Crippen molar-refractivity contribution in [2.75, 3.05) is 12.0 Å². The van der Waals surface area contributed by atoms with Gasteiger partial charge in [-0.1, -0.05) is 0 Å². The molecule has 0 bridgehead atoms. The van der Waals surface area contributed by atoms with Crippen LogP contribution >= 0.6 is 0 Å². The Hall–Kier alpha value is -1.76. The molecule has 1 fully saturated rings. The first-order valence-electron chi connectivity index (χ1n) is 6.83. The summed E-state index contributed by atoms with van der Waals surface area (Å²) >= 11 is 0. The zero-order valence-electron chi connectivity index (χ0n) is 11.7. The number of piperidine rings is 1. The van der Waals surface area contributed by atoms with Crippen molar-refractivity contribution in [2.45, 2.75) is 38.4 Å². The maximum Gasteiger partial charge on any atom is 0.418 e. The van der Waals surface area contributed by atoms with E-state index >= 15 is 0 Å². The summed E-state index contributed by atoms with van der Waals surface area (Å²) in [6.45, 7) is 2.50. The second kappa shape index (κ2) is 5.93. The van der Waals surface area contributed by atoms with Crippen molar-refractivity contribution in [2.24, 2.45) is 5.84 Å². The van der Waals surface area contributed by atoms with Gasteiger partial charge in [-0.15, -0.1) is 0 Å². The number of nitrogens with one attached hydrogen (secondary N) is 1. The summed E-state index contributed by atoms with van der Waals surface area (Å²) in [5.74, 6) is 4.73. The Bertz CT molecular complexity index is 531. The van der Waals surface area contributed by atoms with Gasteiger partial charge in [-0.05, 0) is 44.4 Å². The van der Waals surface area contributed by atoms with Gasteiger partial charge in [0.25, 0.3) is 5.91 Å². The molecule has 116 valence electrons. The van der Waals surface area contributed by atoms with E-state index in [0.717, 1.165) is 25.3 Å². The van der Waals surface area contributed by atoms with Crippen LogP contribution in [0.5, 0.6) is 0 Å². The molecule has 3 N–H and O–H groups in total. The fourth-order valence-corrected chi connectivity index (χ4v) is 2.60. The number of alkyl halides is 3. The van der Waals surface area contributed by atoms with Crippen molar-refractivity contribution >= 4 is 11.6 Å². The smallest absolute Gasteiger partial charge is 0.336 e. The first kappa shape index (κ1) is 15.6. The number of hydrogen-bond acceptors (Lipinski definition) is 3. The van der Waals surface area contributed by atoms with Gasteiger partial charge in [0.15, 0.2) is 0 Å². The first-order chi connectivity index (χ1) is 9.84. The van der Waals surface area contributed by atoms with E-state index in [1.54, 1.807) is 4.90 Å². The fraction of sp³-hybridized carbons (Fsp3) is 0.500. The van der Waals surface area contributed by atoms with Gasteiger partial charge >= 0.3 is 6.18 Å². The van der Waals surface area contributed by atoms with E-state index in [9.17, 15) is 18.0 Å². The quantitative estimate of drug-likeness (QED) is 0.652. The highest BCUT2D eigenvalue weighted by molar-refractivity contribution is 5.95. The Morgan fingerprint density at radius 3 is 2.67 bits per heavy atom. The van der Waals surface area contributed by atoms with Crippen LogP contribution in [0.3, 0.4) is 0 Å². The highest BCUT2D eigenvalue weighted by Gasteiger charge is 2.35. The standard InChI is InChI=1S/C14H18F3N3O/c1-9-4-2-3-7-20(9)13(21)10-5-6-12(19-18)11(8-10)14(15,16)17/h5-6,8-9,19H,2-4,7,18H2,1H3. The number of carbonyl (C=O) groups excluding carboxylic acids is 1. The topological polar surface area (TPSA) is 58.4 Å². The number of rotatable bonds is 2. The van der Waals surface area contributed by atoms with Gasteiger partial charge in [-0.25, -0.2) is 0 Å². The number of likely N-dealkylation sites (tertiary alicyclic amines) is 1. The van der Waals surface area contributed by atoms with E-state index in [1.165, 1.54) is 12.1 Å². The predicted molar refractivity (Wildman–Crippen MR) is 73.6 cm³/mol. The molecule has 1 aliphatic heterocycles. The van der Waals surface area contributed by atoms with Crippen LogP contribution in [0.2, 0.25) is 0 Å². The third-order valence-corrected chi connectivity index (χ3v) is 3.79. The Kier molecular flexibility index (Phi) is 4.41. The summed E-state index contributed by atoms with van der Waals surface area (Å²) < 4.78 is 38.9. The molecule has 21 heavy (non-hydrogen) atoms. The van der Waals surface area contributed by atoms with Gasteiger partial charge in [0, 0.05) is 18.2 Å². The summed E-state index contributed by atoms with van der Waals surface area (Å²) in [5, 5.41) is 0. The molecule has 4 nitrogen and oxygen atoms in total. The van der Waals surface area contributed by atoms with Crippen LogP contribution in [-0.2, 0) is 6.18 Å². The average molecular weight is 301 g/mol. The summed E-state index contributed by atoms with van der Waals surface area (Å²) in [6.07, 6.45) is -1.77. The zero-order chi connectivity index (χ0) is 15.6. The molecular formula is C14H18F3N3O. The highest BCUT2D eigenvalue weighted by atomic mass is 19.4. The molecule has 0 aliphatic carbocycles. The molecule has 1 atom stereocenters. The molecule has 7 heteroatoms. The number of anilines is 1. The largest absolute Gasteiger partial charge is 0.418 e. The number of hydrogen-bond donors (Lipinski definition) is 2. The molecular weight excluding hydrogens is 283 g/mol. The summed E-state index contributed by atoms with van der Waals surface area (Å²) in [6, 6.07) is 3.46. The molecule has 1 aromatic rings. The van der Waals surface area contributed by atoms with Crippen molar-refractivity contribution < 1.29 is 18.0 Å². The predicted octanol–water partition coefficient (Wildman–Crippen LogP) is 3.01. The SMILES string of the molecule is CC1CCCCN1C(=O)c1ccc(NN)c(C(F)(F)F)c1. The second-order valence-corrected chi connectivity index (χ2v) is 5.25. The maximum absolute atomic E-state index is 13.0. The van der Waals surface area contributed by atoms with E-state index < -0.39 is 11.7 Å². The van der Waals surface area contributed by atoms with E-state index in [4.69, 9.17) is 5.84 Å². The Morgan fingerprint density at radius 2 is 2.10 bits per heavy atom. The Balaban J connectivity index is 2.34. The summed E-state index contributed by atoms with van der Waals surface area (Å²) in [4.78, 5) is 14.0. The van der Waals surface area contributed by atoms with Crippen molar-refractivity contribution in [1.82, 2.24) is 4.90 Å².